The van der Waals surface area contributed by atoms with Gasteiger partial charge in [-0.1, -0.05) is 30.5 Å². The molecule has 0 radical (unpaired) electrons. The van der Waals surface area contributed by atoms with Crippen molar-refractivity contribution in [2.24, 2.45) is 0 Å². The van der Waals surface area contributed by atoms with Gasteiger partial charge < -0.3 is 9.88 Å². The number of carbonyl (C=O) groups is 1. The highest BCUT2D eigenvalue weighted by Crippen LogP contribution is 2.24. The Morgan fingerprint density at radius 1 is 1.32 bits per heavy atom. The maximum atomic E-state index is 12.0. The van der Waals surface area contributed by atoms with Crippen LogP contribution in [0.1, 0.15) is 25.7 Å². The highest BCUT2D eigenvalue weighted by molar-refractivity contribution is 6.35. The molecule has 1 aromatic heterocycles. The Labute approximate surface area is 117 Å². The first-order chi connectivity index (χ1) is 9.24. The topological polar surface area (TPSA) is 34.0 Å². The van der Waals surface area contributed by atoms with Gasteiger partial charge >= 0.3 is 0 Å². The monoisotopic (exact) mass is 276 g/mol. The van der Waals surface area contributed by atoms with E-state index in [1.165, 1.54) is 12.8 Å². The van der Waals surface area contributed by atoms with Crippen molar-refractivity contribution in [3.63, 3.8) is 0 Å². The number of halogens is 1. The fourth-order valence-corrected chi connectivity index (χ4v) is 3.05. The lowest BCUT2D eigenvalue weighted by molar-refractivity contribution is -0.122. The van der Waals surface area contributed by atoms with Crippen molar-refractivity contribution < 1.29 is 4.79 Å². The molecule has 0 spiro atoms. The van der Waals surface area contributed by atoms with Gasteiger partial charge in [0.15, 0.2) is 0 Å². The highest BCUT2D eigenvalue weighted by atomic mass is 35.5. The molecule has 1 aromatic carbocycles. The maximum Gasteiger partial charge on any atom is 0.240 e. The molecule has 1 aliphatic rings. The second-order valence-electron chi connectivity index (χ2n) is 5.17. The third kappa shape index (κ3) is 2.61. The lowest BCUT2D eigenvalue weighted by Crippen LogP contribution is -2.35. The van der Waals surface area contributed by atoms with E-state index >= 15 is 0 Å². The summed E-state index contributed by atoms with van der Waals surface area (Å²) in [6, 6.07) is 8.10. The molecular formula is C15H17ClN2O. The van der Waals surface area contributed by atoms with E-state index in [0.29, 0.717) is 12.6 Å². The minimum absolute atomic E-state index is 0.0874. The molecule has 3 nitrogen and oxygen atoms in total. The third-order valence-corrected chi connectivity index (χ3v) is 4.12. The van der Waals surface area contributed by atoms with Gasteiger partial charge in [-0.15, -0.1) is 0 Å². The smallest absolute Gasteiger partial charge is 0.240 e. The molecular weight excluding hydrogens is 260 g/mol. The summed E-state index contributed by atoms with van der Waals surface area (Å²) in [6.07, 6.45) is 6.61. The lowest BCUT2D eigenvalue weighted by atomic mass is 10.2. The number of amides is 1. The Morgan fingerprint density at radius 2 is 2.11 bits per heavy atom. The number of nitrogens with zero attached hydrogens (tertiary/aromatic N) is 1. The molecule has 1 saturated carbocycles. The van der Waals surface area contributed by atoms with Gasteiger partial charge in [-0.3, -0.25) is 4.79 Å². The van der Waals surface area contributed by atoms with Crippen LogP contribution in [-0.4, -0.2) is 16.5 Å². The van der Waals surface area contributed by atoms with Crippen LogP contribution in [0.3, 0.4) is 0 Å². The van der Waals surface area contributed by atoms with E-state index in [-0.39, 0.29) is 5.91 Å². The Bertz CT molecular complexity index is 599. The number of aromatic nitrogens is 1. The van der Waals surface area contributed by atoms with Crippen LogP contribution in [-0.2, 0) is 11.3 Å². The van der Waals surface area contributed by atoms with Crippen LogP contribution in [0, 0.1) is 0 Å². The second-order valence-corrected chi connectivity index (χ2v) is 5.57. The van der Waals surface area contributed by atoms with Crippen molar-refractivity contribution in [3.8, 4) is 0 Å². The fourth-order valence-electron chi connectivity index (χ4n) is 2.82. The molecule has 1 N–H and O–H groups in total. The van der Waals surface area contributed by atoms with Gasteiger partial charge in [0, 0.05) is 28.2 Å². The van der Waals surface area contributed by atoms with Gasteiger partial charge in [0.2, 0.25) is 5.91 Å². The molecule has 1 heterocycles. The van der Waals surface area contributed by atoms with E-state index in [9.17, 15) is 4.79 Å². The Morgan fingerprint density at radius 3 is 2.89 bits per heavy atom. The minimum Gasteiger partial charge on any atom is -0.352 e. The van der Waals surface area contributed by atoms with Crippen LogP contribution in [0.4, 0.5) is 0 Å². The number of benzene rings is 1. The minimum atomic E-state index is 0.0874. The number of carbonyl (C=O) groups excluding carboxylic acids is 1. The van der Waals surface area contributed by atoms with Crippen LogP contribution in [0.15, 0.2) is 30.5 Å². The average molecular weight is 277 g/mol. The second kappa shape index (κ2) is 5.25. The first kappa shape index (κ1) is 12.5. The van der Waals surface area contributed by atoms with E-state index in [1.807, 2.05) is 35.0 Å². The summed E-state index contributed by atoms with van der Waals surface area (Å²) in [6.45, 7) is 0.361. The maximum absolute atomic E-state index is 12.0. The standard InChI is InChI=1S/C15H17ClN2O/c16-13-6-3-7-14-12(13)8-9-18(14)10-15(19)17-11-4-1-2-5-11/h3,6-9,11H,1-2,4-5,10H2,(H,17,19). The molecule has 3 rings (SSSR count). The average Bonchev–Trinajstić information content (AvgIpc) is 3.01. The molecule has 0 saturated heterocycles. The molecule has 1 fully saturated rings. The zero-order valence-corrected chi connectivity index (χ0v) is 11.5. The zero-order valence-electron chi connectivity index (χ0n) is 10.7. The summed E-state index contributed by atoms with van der Waals surface area (Å²) < 4.78 is 1.95. The molecule has 0 unspecified atom stereocenters. The van der Waals surface area contributed by atoms with Gasteiger partial charge in [0.05, 0.1) is 0 Å². The van der Waals surface area contributed by atoms with Crippen LogP contribution in [0.5, 0.6) is 0 Å². The highest BCUT2D eigenvalue weighted by Gasteiger charge is 2.17. The zero-order chi connectivity index (χ0) is 13.2. The number of fused-ring (bicyclic) bond motifs is 1. The number of rotatable bonds is 3. The van der Waals surface area contributed by atoms with Crippen molar-refractivity contribution in [2.75, 3.05) is 0 Å². The molecule has 100 valence electrons. The summed E-state index contributed by atoms with van der Waals surface area (Å²) >= 11 is 6.13. The van der Waals surface area contributed by atoms with Crippen LogP contribution in [0.2, 0.25) is 5.02 Å². The number of hydrogen-bond donors (Lipinski definition) is 1. The van der Waals surface area contributed by atoms with Gasteiger partial charge in [-0.2, -0.15) is 0 Å². The van der Waals surface area contributed by atoms with E-state index in [0.717, 1.165) is 28.8 Å². The number of nitrogens with one attached hydrogen (secondary N) is 1. The third-order valence-electron chi connectivity index (χ3n) is 3.79. The summed E-state index contributed by atoms with van der Waals surface area (Å²) in [5, 5.41) is 4.83. The van der Waals surface area contributed by atoms with Crippen molar-refractivity contribution in [2.45, 2.75) is 38.3 Å². The van der Waals surface area contributed by atoms with E-state index < -0.39 is 0 Å². The van der Waals surface area contributed by atoms with Crippen LogP contribution < -0.4 is 5.32 Å². The van der Waals surface area contributed by atoms with E-state index in [2.05, 4.69) is 5.32 Å². The first-order valence-corrected chi connectivity index (χ1v) is 7.14. The van der Waals surface area contributed by atoms with Crippen LogP contribution >= 0.6 is 11.6 Å². The Balaban J connectivity index is 1.74. The summed E-state index contributed by atoms with van der Waals surface area (Å²) in [5.41, 5.74) is 1.01. The van der Waals surface area contributed by atoms with Gasteiger partial charge in [0.25, 0.3) is 0 Å². The molecule has 0 aliphatic heterocycles. The number of hydrogen-bond acceptors (Lipinski definition) is 1. The largest absolute Gasteiger partial charge is 0.352 e. The van der Waals surface area contributed by atoms with E-state index in [4.69, 9.17) is 11.6 Å². The van der Waals surface area contributed by atoms with Gasteiger partial charge in [0.1, 0.15) is 6.54 Å². The van der Waals surface area contributed by atoms with Crippen molar-refractivity contribution in [1.29, 1.82) is 0 Å². The molecule has 1 aliphatic carbocycles. The normalized spacial score (nSPS) is 16.1. The predicted molar refractivity (Wildman–Crippen MR) is 77.3 cm³/mol. The molecule has 0 bridgehead atoms. The SMILES string of the molecule is O=C(Cn1ccc2c(Cl)cccc21)NC1CCCC1. The summed E-state index contributed by atoms with van der Waals surface area (Å²) in [7, 11) is 0. The van der Waals surface area contributed by atoms with Crippen molar-refractivity contribution in [1.82, 2.24) is 9.88 Å². The summed E-state index contributed by atoms with van der Waals surface area (Å²) in [4.78, 5) is 12.0. The lowest BCUT2D eigenvalue weighted by Gasteiger charge is -2.12. The van der Waals surface area contributed by atoms with E-state index in [1.54, 1.807) is 0 Å². The molecule has 1 amide bonds. The predicted octanol–water partition coefficient (Wildman–Crippen LogP) is 3.35. The summed E-state index contributed by atoms with van der Waals surface area (Å²) in [5.74, 6) is 0.0874. The molecule has 19 heavy (non-hydrogen) atoms. The molecule has 2 aromatic rings. The van der Waals surface area contributed by atoms with Crippen molar-refractivity contribution >= 4 is 28.4 Å². The van der Waals surface area contributed by atoms with Crippen molar-refractivity contribution in [3.05, 3.63) is 35.5 Å². The molecule has 4 heteroatoms. The van der Waals surface area contributed by atoms with Gasteiger partial charge in [-0.25, -0.2) is 0 Å². The van der Waals surface area contributed by atoms with Crippen LogP contribution in [0.25, 0.3) is 10.9 Å². The quantitative estimate of drug-likeness (QED) is 0.916. The molecule has 0 atom stereocenters. The fraction of sp³-hybridized carbons (Fsp3) is 0.400. The Kier molecular flexibility index (Phi) is 3.47. The first-order valence-electron chi connectivity index (χ1n) is 6.77. The van der Waals surface area contributed by atoms with Gasteiger partial charge in [-0.05, 0) is 31.0 Å². The Hall–Kier alpha value is -1.48.